The summed E-state index contributed by atoms with van der Waals surface area (Å²) in [4.78, 5) is 4.28. The van der Waals surface area contributed by atoms with E-state index in [1.807, 2.05) is 13.8 Å². The van der Waals surface area contributed by atoms with Crippen LogP contribution in [0.1, 0.15) is 43.9 Å². The summed E-state index contributed by atoms with van der Waals surface area (Å²) in [6.07, 6.45) is 4.30. The van der Waals surface area contributed by atoms with Crippen molar-refractivity contribution in [1.82, 2.24) is 4.98 Å². The summed E-state index contributed by atoms with van der Waals surface area (Å²) in [5.74, 6) is 0.994. The quantitative estimate of drug-likeness (QED) is 0.756. The molecule has 1 saturated carbocycles. The van der Waals surface area contributed by atoms with E-state index in [9.17, 15) is 0 Å². The topological polar surface area (TPSA) is 45.9 Å². The first-order valence-electron chi connectivity index (χ1n) is 5.27. The molecular formula is C12H14N2O. The average Bonchev–Trinajstić information content (AvgIpc) is 3.01. The summed E-state index contributed by atoms with van der Waals surface area (Å²) < 4.78 is 5.59. The van der Waals surface area contributed by atoms with Crippen LogP contribution in [0.3, 0.4) is 0 Å². The highest BCUT2D eigenvalue weighted by Crippen LogP contribution is 2.28. The van der Waals surface area contributed by atoms with Crippen LogP contribution in [0, 0.1) is 11.3 Å². The molecule has 0 spiro atoms. The average molecular weight is 202 g/mol. The normalized spacial score (nSPS) is 15.1. The molecule has 3 heteroatoms. The van der Waals surface area contributed by atoms with Crippen LogP contribution in [0.4, 0.5) is 0 Å². The second kappa shape index (κ2) is 3.90. The third kappa shape index (κ3) is 2.27. The number of nitriles is 1. The molecule has 1 fully saturated rings. The van der Waals surface area contributed by atoms with E-state index in [1.165, 1.54) is 0 Å². The molecule has 0 aliphatic heterocycles. The minimum Gasteiger partial charge on any atom is -0.489 e. The number of ether oxygens (including phenoxy) is 1. The van der Waals surface area contributed by atoms with Gasteiger partial charge in [-0.15, -0.1) is 0 Å². The molecule has 1 aliphatic carbocycles. The largest absolute Gasteiger partial charge is 0.489 e. The minimum atomic E-state index is 0.273. The zero-order valence-electron chi connectivity index (χ0n) is 9.03. The molecule has 0 bridgehead atoms. The molecule has 0 saturated heterocycles. The van der Waals surface area contributed by atoms with Crippen LogP contribution < -0.4 is 4.74 Å². The van der Waals surface area contributed by atoms with Gasteiger partial charge in [0.05, 0.1) is 23.6 Å². The Morgan fingerprint density at radius 2 is 2.27 bits per heavy atom. The van der Waals surface area contributed by atoms with Gasteiger partial charge < -0.3 is 4.74 Å². The molecule has 0 aromatic carbocycles. The van der Waals surface area contributed by atoms with Crippen LogP contribution in [0.15, 0.2) is 12.3 Å². The standard InChI is InChI=1S/C12H14N2O/c1-8(2)12-9(6-13)5-11(7-14-12)15-10-3-4-10/h5,7-8,10H,3-4H2,1-2H3. The van der Waals surface area contributed by atoms with Crippen molar-refractivity contribution in [3.8, 4) is 11.8 Å². The Hall–Kier alpha value is -1.56. The van der Waals surface area contributed by atoms with Gasteiger partial charge in [0.25, 0.3) is 0 Å². The van der Waals surface area contributed by atoms with Crippen LogP contribution in [0.2, 0.25) is 0 Å². The molecule has 0 radical (unpaired) electrons. The number of rotatable bonds is 3. The summed E-state index contributed by atoms with van der Waals surface area (Å²) in [7, 11) is 0. The fourth-order valence-corrected chi connectivity index (χ4v) is 1.45. The van der Waals surface area contributed by atoms with Gasteiger partial charge >= 0.3 is 0 Å². The second-order valence-electron chi connectivity index (χ2n) is 4.19. The van der Waals surface area contributed by atoms with Gasteiger partial charge in [0, 0.05) is 6.07 Å². The first-order valence-corrected chi connectivity index (χ1v) is 5.27. The monoisotopic (exact) mass is 202 g/mol. The lowest BCUT2D eigenvalue weighted by molar-refractivity contribution is 0.301. The molecule has 1 aromatic rings. The van der Waals surface area contributed by atoms with Crippen molar-refractivity contribution in [3.63, 3.8) is 0 Å². The van der Waals surface area contributed by atoms with E-state index < -0.39 is 0 Å². The minimum absolute atomic E-state index is 0.273. The first kappa shape index (κ1) is 9.97. The maximum Gasteiger partial charge on any atom is 0.139 e. The van der Waals surface area contributed by atoms with Gasteiger partial charge in [-0.25, -0.2) is 0 Å². The van der Waals surface area contributed by atoms with E-state index in [0.717, 1.165) is 24.3 Å². The maximum atomic E-state index is 9.00. The number of hydrogen-bond donors (Lipinski definition) is 0. The van der Waals surface area contributed by atoms with Gasteiger partial charge in [-0.3, -0.25) is 4.98 Å². The predicted octanol–water partition coefficient (Wildman–Crippen LogP) is 2.62. The molecule has 78 valence electrons. The van der Waals surface area contributed by atoms with E-state index in [0.29, 0.717) is 11.7 Å². The zero-order chi connectivity index (χ0) is 10.8. The molecule has 0 N–H and O–H groups in total. The van der Waals surface area contributed by atoms with Crippen molar-refractivity contribution in [2.24, 2.45) is 0 Å². The lowest BCUT2D eigenvalue weighted by atomic mass is 10.0. The van der Waals surface area contributed by atoms with Gasteiger partial charge in [-0.05, 0) is 18.8 Å². The number of nitrogens with zero attached hydrogens (tertiary/aromatic N) is 2. The van der Waals surface area contributed by atoms with Crippen molar-refractivity contribution in [2.75, 3.05) is 0 Å². The van der Waals surface area contributed by atoms with Gasteiger partial charge in [0.2, 0.25) is 0 Å². The first-order chi connectivity index (χ1) is 7.20. The van der Waals surface area contributed by atoms with Crippen molar-refractivity contribution >= 4 is 0 Å². The van der Waals surface area contributed by atoms with Crippen LogP contribution in [0.25, 0.3) is 0 Å². The van der Waals surface area contributed by atoms with E-state index in [-0.39, 0.29) is 5.92 Å². The number of pyridine rings is 1. The van der Waals surface area contributed by atoms with Gasteiger partial charge in [0.15, 0.2) is 0 Å². The van der Waals surface area contributed by atoms with E-state index in [2.05, 4.69) is 11.1 Å². The molecule has 0 atom stereocenters. The maximum absolute atomic E-state index is 9.00. The van der Waals surface area contributed by atoms with Crippen molar-refractivity contribution in [3.05, 3.63) is 23.5 Å². The Balaban J connectivity index is 2.25. The zero-order valence-corrected chi connectivity index (χ0v) is 9.03. The Bertz CT molecular complexity index is 403. The van der Waals surface area contributed by atoms with Gasteiger partial charge in [-0.1, -0.05) is 13.8 Å². The van der Waals surface area contributed by atoms with Crippen LogP contribution in [-0.4, -0.2) is 11.1 Å². The molecule has 15 heavy (non-hydrogen) atoms. The Labute approximate surface area is 89.7 Å². The lowest BCUT2D eigenvalue weighted by Gasteiger charge is -2.09. The SMILES string of the molecule is CC(C)c1ncc(OC2CC2)cc1C#N. The highest BCUT2D eigenvalue weighted by molar-refractivity contribution is 5.39. The summed E-state index contributed by atoms with van der Waals surface area (Å²) >= 11 is 0. The molecule has 0 unspecified atom stereocenters. The fraction of sp³-hybridized carbons (Fsp3) is 0.500. The molecular weight excluding hydrogens is 188 g/mol. The molecule has 2 rings (SSSR count). The molecule has 1 aliphatic rings. The van der Waals surface area contributed by atoms with Crippen LogP contribution >= 0.6 is 0 Å². The third-order valence-corrected chi connectivity index (χ3v) is 2.39. The second-order valence-corrected chi connectivity index (χ2v) is 4.19. The van der Waals surface area contributed by atoms with Crippen LogP contribution in [-0.2, 0) is 0 Å². The highest BCUT2D eigenvalue weighted by Gasteiger charge is 2.24. The fourth-order valence-electron chi connectivity index (χ4n) is 1.45. The lowest BCUT2D eigenvalue weighted by Crippen LogP contribution is -2.01. The third-order valence-electron chi connectivity index (χ3n) is 2.39. The highest BCUT2D eigenvalue weighted by atomic mass is 16.5. The van der Waals surface area contributed by atoms with E-state index in [4.69, 9.17) is 10.00 Å². The molecule has 1 aromatic heterocycles. The van der Waals surface area contributed by atoms with Crippen LogP contribution in [0.5, 0.6) is 5.75 Å². The number of hydrogen-bond acceptors (Lipinski definition) is 3. The smallest absolute Gasteiger partial charge is 0.139 e. The van der Waals surface area contributed by atoms with E-state index >= 15 is 0 Å². The predicted molar refractivity (Wildman–Crippen MR) is 56.7 cm³/mol. The Morgan fingerprint density at radius 1 is 1.53 bits per heavy atom. The van der Waals surface area contributed by atoms with Gasteiger partial charge in [0.1, 0.15) is 11.8 Å². The Morgan fingerprint density at radius 3 is 2.80 bits per heavy atom. The summed E-state index contributed by atoms with van der Waals surface area (Å²) in [5.41, 5.74) is 1.48. The molecule has 1 heterocycles. The summed E-state index contributed by atoms with van der Waals surface area (Å²) in [6, 6.07) is 3.96. The molecule has 0 amide bonds. The molecule has 3 nitrogen and oxygen atoms in total. The van der Waals surface area contributed by atoms with Crippen molar-refractivity contribution < 1.29 is 4.74 Å². The Kier molecular flexibility index (Phi) is 2.59. The van der Waals surface area contributed by atoms with E-state index in [1.54, 1.807) is 12.3 Å². The van der Waals surface area contributed by atoms with Crippen molar-refractivity contribution in [1.29, 1.82) is 5.26 Å². The summed E-state index contributed by atoms with van der Waals surface area (Å²) in [6.45, 7) is 4.06. The van der Waals surface area contributed by atoms with Gasteiger partial charge in [-0.2, -0.15) is 5.26 Å². The number of aromatic nitrogens is 1. The summed E-state index contributed by atoms with van der Waals surface area (Å²) in [5, 5.41) is 9.00. The van der Waals surface area contributed by atoms with Crippen molar-refractivity contribution in [2.45, 2.75) is 38.7 Å².